The minimum absolute atomic E-state index is 0.0460. The number of carbonyl (C=O) groups is 1. The van der Waals surface area contributed by atoms with Gasteiger partial charge in [0.25, 0.3) is 0 Å². The number of hydrogen-bond acceptors (Lipinski definition) is 5. The van der Waals surface area contributed by atoms with Crippen molar-refractivity contribution in [1.82, 2.24) is 5.43 Å². The number of hydrazone groups is 1. The minimum atomic E-state index is -4.15. The Bertz CT molecular complexity index is 1180. The van der Waals surface area contributed by atoms with Crippen LogP contribution < -0.4 is 9.61 Å². The lowest BCUT2D eigenvalue weighted by molar-refractivity contribution is -0.120. The van der Waals surface area contributed by atoms with Crippen LogP contribution in [0.25, 0.3) is 0 Å². The molecule has 1 amide bonds. The van der Waals surface area contributed by atoms with Gasteiger partial charge in [0.1, 0.15) is 4.90 Å². The van der Waals surface area contributed by atoms with E-state index in [2.05, 4.69) is 10.5 Å². The zero-order chi connectivity index (χ0) is 21.6. The predicted molar refractivity (Wildman–Crippen MR) is 117 cm³/mol. The molecule has 0 spiro atoms. The maximum atomic E-state index is 12.6. The molecule has 1 N–H and O–H groups in total. The fraction of sp³-hybridized carbons (Fsp3) is 0.0476. The summed E-state index contributed by atoms with van der Waals surface area (Å²) in [6.45, 7) is 0. The molecule has 0 saturated heterocycles. The molecule has 9 heteroatoms. The summed E-state index contributed by atoms with van der Waals surface area (Å²) in [6.07, 6.45) is 1.48. The summed E-state index contributed by atoms with van der Waals surface area (Å²) in [5.74, 6) is -0.260. The highest BCUT2D eigenvalue weighted by Crippen LogP contribution is 2.27. The third-order valence-electron chi connectivity index (χ3n) is 3.90. The lowest BCUT2D eigenvalue weighted by Crippen LogP contribution is -2.19. The van der Waals surface area contributed by atoms with Crippen LogP contribution in [0.5, 0.6) is 5.75 Å². The molecule has 0 radical (unpaired) electrons. The molecule has 0 heterocycles. The molecule has 0 saturated carbocycles. The largest absolute Gasteiger partial charge is 0.378 e. The second-order valence-electron chi connectivity index (χ2n) is 6.11. The Morgan fingerprint density at radius 1 is 0.967 bits per heavy atom. The van der Waals surface area contributed by atoms with Crippen molar-refractivity contribution in [3.63, 3.8) is 0 Å². The van der Waals surface area contributed by atoms with Crippen molar-refractivity contribution in [3.8, 4) is 5.75 Å². The molecule has 6 nitrogen and oxygen atoms in total. The maximum absolute atomic E-state index is 12.6. The molecule has 0 unspecified atom stereocenters. The van der Waals surface area contributed by atoms with Crippen molar-refractivity contribution in [2.75, 3.05) is 0 Å². The number of nitrogens with one attached hydrogen (secondary N) is 1. The fourth-order valence-electron chi connectivity index (χ4n) is 2.46. The Labute approximate surface area is 184 Å². The van der Waals surface area contributed by atoms with E-state index in [1.54, 1.807) is 18.2 Å². The smallest absolute Gasteiger partial charge is 0.339 e. The fourth-order valence-corrected chi connectivity index (χ4v) is 3.80. The Morgan fingerprint density at radius 2 is 1.67 bits per heavy atom. The first kappa shape index (κ1) is 21.8. The number of para-hydroxylation sites is 1. The third-order valence-corrected chi connectivity index (χ3v) is 5.87. The van der Waals surface area contributed by atoms with Crippen molar-refractivity contribution in [3.05, 3.63) is 94.0 Å². The molecule has 0 bridgehead atoms. The number of rotatable bonds is 7. The number of hydrogen-bond donors (Lipinski definition) is 1. The topological polar surface area (TPSA) is 84.8 Å². The van der Waals surface area contributed by atoms with Crippen LogP contribution in [-0.2, 0) is 21.3 Å². The van der Waals surface area contributed by atoms with E-state index < -0.39 is 10.1 Å². The van der Waals surface area contributed by atoms with Gasteiger partial charge in [-0.05, 0) is 35.9 Å². The average Bonchev–Trinajstić information content (AvgIpc) is 2.72. The molecule has 0 aliphatic heterocycles. The van der Waals surface area contributed by atoms with Gasteiger partial charge in [0.2, 0.25) is 5.91 Å². The van der Waals surface area contributed by atoms with Crippen molar-refractivity contribution in [1.29, 1.82) is 0 Å². The first-order valence-electron chi connectivity index (χ1n) is 8.69. The van der Waals surface area contributed by atoms with Gasteiger partial charge in [0, 0.05) is 5.56 Å². The molecular weight excluding hydrogens is 447 g/mol. The highest BCUT2D eigenvalue weighted by atomic mass is 35.5. The molecule has 3 rings (SSSR count). The summed E-state index contributed by atoms with van der Waals surface area (Å²) in [5, 5.41) is 4.21. The Hall–Kier alpha value is -2.87. The van der Waals surface area contributed by atoms with Gasteiger partial charge in [-0.15, -0.1) is 0 Å². The molecule has 154 valence electrons. The van der Waals surface area contributed by atoms with E-state index in [0.29, 0.717) is 5.56 Å². The van der Waals surface area contributed by atoms with E-state index in [1.807, 2.05) is 30.3 Å². The van der Waals surface area contributed by atoms with Gasteiger partial charge in [0.15, 0.2) is 5.75 Å². The molecule has 30 heavy (non-hydrogen) atoms. The van der Waals surface area contributed by atoms with Crippen LogP contribution in [0.4, 0.5) is 0 Å². The van der Waals surface area contributed by atoms with E-state index in [4.69, 9.17) is 27.4 Å². The molecule has 0 aliphatic rings. The van der Waals surface area contributed by atoms with Gasteiger partial charge in [-0.1, -0.05) is 65.7 Å². The van der Waals surface area contributed by atoms with Crippen molar-refractivity contribution in [2.45, 2.75) is 11.3 Å². The van der Waals surface area contributed by atoms with Crippen LogP contribution in [0.3, 0.4) is 0 Å². The van der Waals surface area contributed by atoms with E-state index in [1.165, 1.54) is 30.5 Å². The second-order valence-corrected chi connectivity index (χ2v) is 8.47. The summed E-state index contributed by atoms with van der Waals surface area (Å²) < 4.78 is 30.4. The Kier molecular flexibility index (Phi) is 7.10. The van der Waals surface area contributed by atoms with Crippen LogP contribution in [-0.4, -0.2) is 20.5 Å². The van der Waals surface area contributed by atoms with E-state index in [9.17, 15) is 13.2 Å². The van der Waals surface area contributed by atoms with Crippen LogP contribution in [0, 0.1) is 0 Å². The van der Waals surface area contributed by atoms with Gasteiger partial charge in [-0.3, -0.25) is 4.79 Å². The Morgan fingerprint density at radius 3 is 2.40 bits per heavy atom. The Balaban J connectivity index is 1.71. The predicted octanol–water partition coefficient (Wildman–Crippen LogP) is 4.45. The highest BCUT2D eigenvalue weighted by Gasteiger charge is 2.19. The van der Waals surface area contributed by atoms with Crippen molar-refractivity contribution in [2.24, 2.45) is 5.10 Å². The van der Waals surface area contributed by atoms with E-state index >= 15 is 0 Å². The first-order chi connectivity index (χ1) is 14.3. The lowest BCUT2D eigenvalue weighted by Gasteiger charge is -2.10. The average molecular weight is 463 g/mol. The van der Waals surface area contributed by atoms with Gasteiger partial charge in [-0.25, -0.2) is 5.43 Å². The molecular formula is C21H16Cl2N2O4S. The molecule has 0 aromatic heterocycles. The summed E-state index contributed by atoms with van der Waals surface area (Å²) in [5.41, 5.74) is 3.62. The van der Waals surface area contributed by atoms with Gasteiger partial charge < -0.3 is 4.18 Å². The molecule has 3 aromatic rings. The summed E-state index contributed by atoms with van der Waals surface area (Å²) >= 11 is 11.7. The maximum Gasteiger partial charge on any atom is 0.339 e. The number of carbonyl (C=O) groups excluding carboxylic acids is 1. The minimum Gasteiger partial charge on any atom is -0.378 e. The van der Waals surface area contributed by atoms with E-state index in [0.717, 1.165) is 5.56 Å². The van der Waals surface area contributed by atoms with Crippen LogP contribution >= 0.6 is 23.2 Å². The summed E-state index contributed by atoms with van der Waals surface area (Å²) in [7, 11) is -4.15. The number of amides is 1. The highest BCUT2D eigenvalue weighted by molar-refractivity contribution is 7.87. The SMILES string of the molecule is O=C(Cc1ccccc1)N/N=C/c1ccccc1OS(=O)(=O)c1ccc(Cl)c(Cl)c1. The molecule has 0 fully saturated rings. The molecule has 3 aromatic carbocycles. The summed E-state index contributed by atoms with van der Waals surface area (Å²) in [4.78, 5) is 11.8. The van der Waals surface area contributed by atoms with Crippen LogP contribution in [0.15, 0.2) is 82.8 Å². The summed E-state index contributed by atoms with van der Waals surface area (Å²) in [6, 6.07) is 19.5. The molecule has 0 atom stereocenters. The quantitative estimate of drug-likeness (QED) is 0.319. The first-order valence-corrected chi connectivity index (χ1v) is 10.9. The number of halogens is 2. The number of benzene rings is 3. The monoisotopic (exact) mass is 462 g/mol. The zero-order valence-electron chi connectivity index (χ0n) is 15.5. The number of nitrogens with zero attached hydrogens (tertiary/aromatic N) is 1. The standard InChI is InChI=1S/C21H16Cl2N2O4S/c22-18-11-10-17(13-19(18)23)30(27,28)29-20-9-5-4-8-16(20)14-24-25-21(26)12-15-6-2-1-3-7-15/h1-11,13-14H,12H2,(H,25,26)/b24-14+. The lowest BCUT2D eigenvalue weighted by atomic mass is 10.1. The molecule has 0 aliphatic carbocycles. The normalized spacial score (nSPS) is 11.4. The third kappa shape index (κ3) is 5.82. The second kappa shape index (κ2) is 9.75. The van der Waals surface area contributed by atoms with Crippen LogP contribution in [0.1, 0.15) is 11.1 Å². The van der Waals surface area contributed by atoms with Crippen LogP contribution in [0.2, 0.25) is 10.0 Å². The van der Waals surface area contributed by atoms with Gasteiger partial charge in [-0.2, -0.15) is 13.5 Å². The van der Waals surface area contributed by atoms with E-state index in [-0.39, 0.29) is 33.0 Å². The van der Waals surface area contributed by atoms with Gasteiger partial charge >= 0.3 is 10.1 Å². The zero-order valence-corrected chi connectivity index (χ0v) is 17.8. The van der Waals surface area contributed by atoms with Gasteiger partial charge in [0.05, 0.1) is 22.7 Å². The van der Waals surface area contributed by atoms with Crippen molar-refractivity contribution >= 4 is 45.4 Å². The van der Waals surface area contributed by atoms with Crippen molar-refractivity contribution < 1.29 is 17.4 Å².